The fourth-order valence-corrected chi connectivity index (χ4v) is 10.7. The standard InChI is InChI=1S/C66H34F12N4/c67-63(68,69)49-17-5-37(6-18-49)41-13-25-57-53(29-41)54-30-42(38-7-19-50(20-8-38)64(70,71)72)14-26-58(54)81(57)61-33-45(1-3-47(61)35-79)46-2-4-48(36-80)62(34-46)82-59-27-15-43(39-9-21-51(22-10-39)65(73,74)75)31-55(59)56-32-44(16-28-60(56)82)40-11-23-52(24-12-40)66(76,77)78/h1-34H. The van der Waals surface area contributed by atoms with Gasteiger partial charge >= 0.3 is 24.7 Å². The Labute approximate surface area is 457 Å². The number of fused-ring (bicyclic) bond motifs is 6. The molecule has 0 fully saturated rings. The third-order valence-corrected chi connectivity index (χ3v) is 14.8. The van der Waals surface area contributed by atoms with E-state index in [1.165, 1.54) is 48.5 Å². The van der Waals surface area contributed by atoms with Gasteiger partial charge in [-0.2, -0.15) is 63.2 Å². The van der Waals surface area contributed by atoms with Crippen molar-refractivity contribution in [3.05, 3.63) is 240 Å². The van der Waals surface area contributed by atoms with E-state index in [0.29, 0.717) is 111 Å². The van der Waals surface area contributed by atoms with E-state index >= 15 is 0 Å². The molecule has 0 amide bonds. The Kier molecular flexibility index (Phi) is 12.4. The molecule has 2 aromatic heterocycles. The molecule has 12 aromatic rings. The van der Waals surface area contributed by atoms with Crippen LogP contribution in [0.1, 0.15) is 33.4 Å². The number of rotatable bonds is 7. The highest BCUT2D eigenvalue weighted by Crippen LogP contribution is 2.44. The van der Waals surface area contributed by atoms with Crippen LogP contribution in [0.2, 0.25) is 0 Å². The molecule has 2 heterocycles. The minimum atomic E-state index is -4.57. The van der Waals surface area contributed by atoms with Crippen LogP contribution in [0.5, 0.6) is 0 Å². The largest absolute Gasteiger partial charge is 0.416 e. The summed E-state index contributed by atoms with van der Waals surface area (Å²) in [7, 11) is 0. The molecule has 4 nitrogen and oxygen atoms in total. The number of nitrogens with zero attached hydrogens (tertiary/aromatic N) is 4. The molecule has 82 heavy (non-hydrogen) atoms. The number of aromatic nitrogens is 2. The van der Waals surface area contributed by atoms with Gasteiger partial charge in [0.1, 0.15) is 12.1 Å². The summed E-state index contributed by atoms with van der Waals surface area (Å²) in [6.07, 6.45) is -18.3. The van der Waals surface area contributed by atoms with E-state index in [4.69, 9.17) is 0 Å². The van der Waals surface area contributed by atoms with Gasteiger partial charge in [-0.3, -0.25) is 0 Å². The van der Waals surface area contributed by atoms with Crippen LogP contribution < -0.4 is 0 Å². The molecule has 12 rings (SSSR count). The van der Waals surface area contributed by atoms with Crippen LogP contribution >= 0.6 is 0 Å². The molecule has 0 radical (unpaired) electrons. The fraction of sp³-hybridized carbons (Fsp3) is 0.0606. The van der Waals surface area contributed by atoms with E-state index < -0.39 is 47.0 Å². The monoisotopic (exact) mass is 1110 g/mol. The topological polar surface area (TPSA) is 57.4 Å². The summed E-state index contributed by atoms with van der Waals surface area (Å²) >= 11 is 0. The summed E-state index contributed by atoms with van der Waals surface area (Å²) in [5.41, 5.74) is 5.70. The van der Waals surface area contributed by atoms with Gasteiger partial charge < -0.3 is 9.13 Å². The van der Waals surface area contributed by atoms with Crippen molar-refractivity contribution in [3.8, 4) is 79.1 Å². The summed E-state index contributed by atoms with van der Waals surface area (Å²) in [4.78, 5) is 0. The highest BCUT2D eigenvalue weighted by molar-refractivity contribution is 6.13. The maximum absolute atomic E-state index is 13.6. The van der Waals surface area contributed by atoms with Crippen LogP contribution in [-0.2, 0) is 24.7 Å². The van der Waals surface area contributed by atoms with Gasteiger partial charge in [-0.05, 0) is 177 Å². The van der Waals surface area contributed by atoms with E-state index in [0.717, 1.165) is 48.5 Å². The highest BCUT2D eigenvalue weighted by Gasteiger charge is 2.33. The molecule has 402 valence electrons. The minimum Gasteiger partial charge on any atom is -0.308 e. The average Bonchev–Trinajstić information content (AvgIpc) is 4.21. The molecular weight excluding hydrogens is 1080 g/mol. The van der Waals surface area contributed by atoms with Crippen LogP contribution in [0, 0.1) is 22.7 Å². The molecule has 0 aliphatic carbocycles. The molecule has 0 atom stereocenters. The molecule has 0 saturated carbocycles. The first-order chi connectivity index (χ1) is 39.0. The lowest BCUT2D eigenvalue weighted by Crippen LogP contribution is -2.04. The quantitative estimate of drug-likeness (QED) is 0.149. The van der Waals surface area contributed by atoms with Gasteiger partial charge in [-0.25, -0.2) is 0 Å². The number of alkyl halides is 12. The van der Waals surface area contributed by atoms with Gasteiger partial charge in [0.05, 0.1) is 66.8 Å². The van der Waals surface area contributed by atoms with Crippen molar-refractivity contribution in [2.75, 3.05) is 0 Å². The van der Waals surface area contributed by atoms with Crippen LogP contribution in [0.25, 0.3) is 111 Å². The number of hydrogen-bond acceptors (Lipinski definition) is 2. The molecule has 0 spiro atoms. The Morgan fingerprint density at radius 1 is 0.244 bits per heavy atom. The van der Waals surface area contributed by atoms with Crippen LogP contribution in [0.3, 0.4) is 0 Å². The van der Waals surface area contributed by atoms with E-state index in [1.807, 2.05) is 9.13 Å². The zero-order valence-electron chi connectivity index (χ0n) is 42.0. The van der Waals surface area contributed by atoms with E-state index in [9.17, 15) is 63.2 Å². The predicted molar refractivity (Wildman–Crippen MR) is 292 cm³/mol. The van der Waals surface area contributed by atoms with Crippen molar-refractivity contribution >= 4 is 43.6 Å². The molecule has 0 saturated heterocycles. The smallest absolute Gasteiger partial charge is 0.308 e. The van der Waals surface area contributed by atoms with Gasteiger partial charge in [-0.15, -0.1) is 0 Å². The Morgan fingerprint density at radius 3 is 0.646 bits per heavy atom. The second kappa shape index (κ2) is 19.3. The van der Waals surface area contributed by atoms with Crippen molar-refractivity contribution in [3.63, 3.8) is 0 Å². The lowest BCUT2D eigenvalue weighted by molar-refractivity contribution is -0.138. The SMILES string of the molecule is N#Cc1ccc(-c2ccc(C#N)c(-n3c4ccc(-c5ccc(C(F)(F)F)cc5)cc4c4cc(-c5ccc(C(F)(F)F)cc5)ccc43)c2)cc1-n1c2ccc(-c3ccc(C(F)(F)F)cc3)cc2c2cc(-c3ccc(C(F)(F)F)cc3)ccc21. The number of nitriles is 2. The van der Waals surface area contributed by atoms with E-state index in [1.54, 1.807) is 109 Å². The first-order valence-electron chi connectivity index (χ1n) is 25.0. The molecule has 16 heteroatoms. The average molecular weight is 1110 g/mol. The molecule has 0 bridgehead atoms. The number of benzene rings is 10. The molecule has 0 N–H and O–H groups in total. The van der Waals surface area contributed by atoms with Crippen molar-refractivity contribution < 1.29 is 52.7 Å². The minimum absolute atomic E-state index is 0.241. The second-order valence-electron chi connectivity index (χ2n) is 19.6. The van der Waals surface area contributed by atoms with Crippen molar-refractivity contribution in [2.24, 2.45) is 0 Å². The predicted octanol–water partition coefficient (Wildman–Crippen LogP) is 20.0. The van der Waals surface area contributed by atoms with Crippen LogP contribution in [0.15, 0.2) is 206 Å². The lowest BCUT2D eigenvalue weighted by atomic mass is 9.99. The lowest BCUT2D eigenvalue weighted by Gasteiger charge is -2.15. The van der Waals surface area contributed by atoms with Gasteiger partial charge in [0.25, 0.3) is 0 Å². The first-order valence-corrected chi connectivity index (χ1v) is 25.0. The van der Waals surface area contributed by atoms with Crippen molar-refractivity contribution in [1.82, 2.24) is 9.13 Å². The summed E-state index contributed by atoms with van der Waals surface area (Å²) in [6.45, 7) is 0. The zero-order chi connectivity index (χ0) is 57.6. The maximum Gasteiger partial charge on any atom is 0.416 e. The van der Waals surface area contributed by atoms with Gasteiger partial charge in [0, 0.05) is 21.5 Å². The van der Waals surface area contributed by atoms with Crippen LogP contribution in [0.4, 0.5) is 52.7 Å². The molecular formula is C66H34F12N4. The van der Waals surface area contributed by atoms with Gasteiger partial charge in [-0.1, -0.05) is 84.9 Å². The first kappa shape index (κ1) is 52.6. The fourth-order valence-electron chi connectivity index (χ4n) is 10.7. The highest BCUT2D eigenvalue weighted by atomic mass is 19.4. The zero-order valence-corrected chi connectivity index (χ0v) is 42.0. The summed E-state index contributed by atoms with van der Waals surface area (Å²) < 4.78 is 167. The normalized spacial score (nSPS) is 12.4. The van der Waals surface area contributed by atoms with Crippen molar-refractivity contribution in [1.29, 1.82) is 10.5 Å². The number of hydrogen-bond donors (Lipinski definition) is 0. The Hall–Kier alpha value is -10.1. The number of halogens is 12. The van der Waals surface area contributed by atoms with Gasteiger partial charge in [0.15, 0.2) is 0 Å². The van der Waals surface area contributed by atoms with E-state index in [-0.39, 0.29) is 11.1 Å². The van der Waals surface area contributed by atoms with Gasteiger partial charge in [0.2, 0.25) is 0 Å². The molecule has 10 aromatic carbocycles. The summed E-state index contributed by atoms with van der Waals surface area (Å²) in [5, 5.41) is 23.9. The van der Waals surface area contributed by atoms with Crippen molar-refractivity contribution in [2.45, 2.75) is 24.7 Å². The molecule has 0 aliphatic rings. The third-order valence-electron chi connectivity index (χ3n) is 14.8. The Balaban J connectivity index is 1.02. The summed E-state index contributed by atoms with van der Waals surface area (Å²) in [5.74, 6) is 0. The van der Waals surface area contributed by atoms with E-state index in [2.05, 4.69) is 12.1 Å². The second-order valence-corrected chi connectivity index (χ2v) is 19.6. The summed E-state index contributed by atoms with van der Waals surface area (Å²) in [6, 6.07) is 55.0. The molecule has 0 aliphatic heterocycles. The van der Waals surface area contributed by atoms with Crippen LogP contribution in [-0.4, -0.2) is 9.13 Å². The Bertz CT molecular complexity index is 4080. The maximum atomic E-state index is 13.6. The third kappa shape index (κ3) is 9.41. The Morgan fingerprint density at radius 2 is 0.439 bits per heavy atom. The molecule has 0 unspecified atom stereocenters.